The minimum Gasteiger partial charge on any atom is -0.493 e. The molecule has 2 bridgehead atoms. The van der Waals surface area contributed by atoms with Crippen LogP contribution in [0, 0.1) is 11.8 Å². The number of halogens is 2. The fourth-order valence-corrected chi connectivity index (χ4v) is 4.77. The van der Waals surface area contributed by atoms with Crippen molar-refractivity contribution >= 4 is 23.2 Å². The summed E-state index contributed by atoms with van der Waals surface area (Å²) in [4.78, 5) is 2.60. The predicted molar refractivity (Wildman–Crippen MR) is 97.7 cm³/mol. The van der Waals surface area contributed by atoms with Crippen LogP contribution in [0.3, 0.4) is 0 Å². The Labute approximate surface area is 150 Å². The molecule has 3 rings (SSSR count). The molecule has 0 spiro atoms. The minimum atomic E-state index is 0.563. The van der Waals surface area contributed by atoms with Gasteiger partial charge in [0.1, 0.15) is 5.75 Å². The molecule has 0 aromatic heterocycles. The monoisotopic (exact) mass is 355 g/mol. The molecule has 4 atom stereocenters. The van der Waals surface area contributed by atoms with E-state index in [1.54, 1.807) is 0 Å². The Hall–Kier alpha value is -0.440. The van der Waals surface area contributed by atoms with E-state index in [0.717, 1.165) is 24.3 Å². The number of hydrogen-bond donors (Lipinski definition) is 0. The maximum atomic E-state index is 6.12. The molecule has 2 heterocycles. The summed E-state index contributed by atoms with van der Waals surface area (Å²) in [6.07, 6.45) is 7.96. The van der Waals surface area contributed by atoms with Crippen LogP contribution >= 0.6 is 23.2 Å². The maximum absolute atomic E-state index is 6.12. The molecule has 2 aliphatic heterocycles. The van der Waals surface area contributed by atoms with Gasteiger partial charge in [0.05, 0.1) is 16.7 Å². The zero-order valence-corrected chi connectivity index (χ0v) is 15.6. The second-order valence-corrected chi connectivity index (χ2v) is 7.97. The Morgan fingerprint density at radius 3 is 2.78 bits per heavy atom. The van der Waals surface area contributed by atoms with Crippen LogP contribution in [0.15, 0.2) is 18.2 Å². The minimum absolute atomic E-state index is 0.563. The summed E-state index contributed by atoms with van der Waals surface area (Å²) in [5.41, 5.74) is 0. The van der Waals surface area contributed by atoms with Crippen LogP contribution in [0.4, 0.5) is 0 Å². The molecule has 2 saturated heterocycles. The molecule has 0 N–H and O–H groups in total. The Kier molecular flexibility index (Phi) is 5.77. The fourth-order valence-electron chi connectivity index (χ4n) is 4.48. The topological polar surface area (TPSA) is 12.5 Å². The zero-order chi connectivity index (χ0) is 16.4. The first-order chi connectivity index (χ1) is 11.1. The van der Waals surface area contributed by atoms with Crippen molar-refractivity contribution in [3.8, 4) is 5.75 Å². The van der Waals surface area contributed by atoms with E-state index >= 15 is 0 Å². The van der Waals surface area contributed by atoms with Gasteiger partial charge >= 0.3 is 0 Å². The van der Waals surface area contributed by atoms with E-state index in [1.807, 2.05) is 18.2 Å². The second-order valence-electron chi connectivity index (χ2n) is 7.15. The Bertz CT molecular complexity index is 536. The smallest absolute Gasteiger partial charge is 0.120 e. The standard InChI is InChI=1S/C19H27Cl2NO/c1-3-4-5-13-10-14-6-9-19(22(14)2)16(13)12-23-15-7-8-17(20)18(21)11-15/h7-8,11,13-14,16,19H,3-6,9-10,12H2,1-2H3/t13-,14?,16+,19?/m0/s1. The first-order valence-electron chi connectivity index (χ1n) is 8.90. The van der Waals surface area contributed by atoms with Gasteiger partial charge < -0.3 is 9.64 Å². The number of benzene rings is 1. The summed E-state index contributed by atoms with van der Waals surface area (Å²) in [6.45, 7) is 3.07. The van der Waals surface area contributed by atoms with Gasteiger partial charge in [0.15, 0.2) is 0 Å². The van der Waals surface area contributed by atoms with E-state index < -0.39 is 0 Å². The lowest BCUT2D eigenvalue weighted by Crippen LogP contribution is -2.48. The summed E-state index contributed by atoms with van der Waals surface area (Å²) in [5.74, 6) is 2.25. The molecule has 1 aromatic rings. The van der Waals surface area contributed by atoms with Gasteiger partial charge in [0.2, 0.25) is 0 Å². The van der Waals surface area contributed by atoms with Crippen LogP contribution in [0.25, 0.3) is 0 Å². The molecule has 23 heavy (non-hydrogen) atoms. The normalized spacial score (nSPS) is 30.6. The number of rotatable bonds is 6. The van der Waals surface area contributed by atoms with Gasteiger partial charge in [0, 0.05) is 24.1 Å². The van der Waals surface area contributed by atoms with Gasteiger partial charge in [-0.05, 0) is 50.8 Å². The zero-order valence-electron chi connectivity index (χ0n) is 14.1. The molecule has 2 fully saturated rings. The highest BCUT2D eigenvalue weighted by Gasteiger charge is 2.45. The lowest BCUT2D eigenvalue weighted by molar-refractivity contribution is 0.0332. The first-order valence-corrected chi connectivity index (χ1v) is 9.65. The summed E-state index contributed by atoms with van der Waals surface area (Å²) in [6, 6.07) is 7.03. The quantitative estimate of drug-likeness (QED) is 0.652. The van der Waals surface area contributed by atoms with Crippen LogP contribution in [-0.4, -0.2) is 30.6 Å². The number of fused-ring (bicyclic) bond motifs is 2. The lowest BCUT2D eigenvalue weighted by Gasteiger charge is -2.43. The average molecular weight is 356 g/mol. The first kappa shape index (κ1) is 17.4. The van der Waals surface area contributed by atoms with E-state index in [2.05, 4.69) is 18.9 Å². The van der Waals surface area contributed by atoms with Gasteiger partial charge in [-0.25, -0.2) is 0 Å². The molecular weight excluding hydrogens is 329 g/mol. The highest BCUT2D eigenvalue weighted by molar-refractivity contribution is 6.42. The van der Waals surface area contributed by atoms with Crippen molar-refractivity contribution in [3.63, 3.8) is 0 Å². The van der Waals surface area contributed by atoms with Gasteiger partial charge in [-0.3, -0.25) is 0 Å². The van der Waals surface area contributed by atoms with Crippen LogP contribution < -0.4 is 4.74 Å². The molecule has 2 nitrogen and oxygen atoms in total. The Morgan fingerprint density at radius 1 is 1.22 bits per heavy atom. The van der Waals surface area contributed by atoms with Gasteiger partial charge in [0.25, 0.3) is 0 Å². The lowest BCUT2D eigenvalue weighted by atomic mass is 9.78. The van der Waals surface area contributed by atoms with E-state index in [4.69, 9.17) is 27.9 Å². The number of unbranched alkanes of at least 4 members (excludes halogenated alkanes) is 1. The molecule has 0 aliphatic carbocycles. The molecule has 0 radical (unpaired) electrons. The van der Waals surface area contributed by atoms with Crippen LogP contribution in [-0.2, 0) is 0 Å². The summed E-state index contributed by atoms with van der Waals surface area (Å²) in [7, 11) is 2.30. The molecule has 4 heteroatoms. The largest absolute Gasteiger partial charge is 0.493 e. The van der Waals surface area contributed by atoms with Gasteiger partial charge in [-0.15, -0.1) is 0 Å². The Morgan fingerprint density at radius 2 is 2.04 bits per heavy atom. The molecule has 0 saturated carbocycles. The molecule has 2 aliphatic rings. The number of hydrogen-bond acceptors (Lipinski definition) is 2. The predicted octanol–water partition coefficient (Wildman–Crippen LogP) is 5.66. The van der Waals surface area contributed by atoms with Crippen molar-refractivity contribution in [1.82, 2.24) is 4.90 Å². The maximum Gasteiger partial charge on any atom is 0.120 e. The second kappa shape index (κ2) is 7.63. The van der Waals surface area contributed by atoms with E-state index in [0.29, 0.717) is 22.0 Å². The number of ether oxygens (including phenoxy) is 1. The van der Waals surface area contributed by atoms with Crippen molar-refractivity contribution in [3.05, 3.63) is 28.2 Å². The third kappa shape index (κ3) is 3.81. The van der Waals surface area contributed by atoms with E-state index in [-0.39, 0.29) is 0 Å². The highest BCUT2D eigenvalue weighted by atomic mass is 35.5. The number of piperidine rings is 1. The average Bonchev–Trinajstić information content (AvgIpc) is 2.79. The summed E-state index contributed by atoms with van der Waals surface area (Å²) in [5, 5.41) is 1.14. The van der Waals surface area contributed by atoms with Crippen molar-refractivity contribution in [1.29, 1.82) is 0 Å². The van der Waals surface area contributed by atoms with Crippen molar-refractivity contribution in [2.75, 3.05) is 13.7 Å². The van der Waals surface area contributed by atoms with Gasteiger partial charge in [-0.2, -0.15) is 0 Å². The Balaban J connectivity index is 1.67. The van der Waals surface area contributed by atoms with E-state index in [1.165, 1.54) is 38.5 Å². The summed E-state index contributed by atoms with van der Waals surface area (Å²) < 4.78 is 6.12. The van der Waals surface area contributed by atoms with Crippen molar-refractivity contribution in [2.24, 2.45) is 11.8 Å². The molecular formula is C19H27Cl2NO. The van der Waals surface area contributed by atoms with Crippen molar-refractivity contribution < 1.29 is 4.74 Å². The summed E-state index contributed by atoms with van der Waals surface area (Å²) >= 11 is 12.1. The van der Waals surface area contributed by atoms with Crippen LogP contribution in [0.2, 0.25) is 10.0 Å². The van der Waals surface area contributed by atoms with Gasteiger partial charge in [-0.1, -0.05) is 43.0 Å². The molecule has 128 valence electrons. The molecule has 1 aromatic carbocycles. The molecule has 0 amide bonds. The van der Waals surface area contributed by atoms with Crippen LogP contribution in [0.5, 0.6) is 5.75 Å². The van der Waals surface area contributed by atoms with E-state index in [9.17, 15) is 0 Å². The molecule has 2 unspecified atom stereocenters. The van der Waals surface area contributed by atoms with Crippen molar-refractivity contribution in [2.45, 2.75) is 57.5 Å². The third-order valence-corrected chi connectivity index (χ3v) is 6.57. The fraction of sp³-hybridized carbons (Fsp3) is 0.684. The number of nitrogens with zero attached hydrogens (tertiary/aromatic N) is 1. The highest BCUT2D eigenvalue weighted by Crippen LogP contribution is 2.43. The third-order valence-electron chi connectivity index (χ3n) is 5.83. The van der Waals surface area contributed by atoms with Crippen LogP contribution in [0.1, 0.15) is 45.4 Å². The SMILES string of the molecule is CCCC[C@H]1CC2CCC([C@@H]1COc1ccc(Cl)c(Cl)c1)N2C.